The summed E-state index contributed by atoms with van der Waals surface area (Å²) < 4.78 is 5.46. The summed E-state index contributed by atoms with van der Waals surface area (Å²) in [5.41, 5.74) is -1.09. The maximum atomic E-state index is 12.4. The molecule has 2 aromatic carbocycles. The minimum atomic E-state index is -0.777. The lowest BCUT2D eigenvalue weighted by Crippen LogP contribution is -2.10. The topological polar surface area (TPSA) is 128 Å². The molecule has 1 aromatic heterocycles. The van der Waals surface area contributed by atoms with E-state index in [0.717, 1.165) is 18.2 Å². The molecule has 0 amide bonds. The summed E-state index contributed by atoms with van der Waals surface area (Å²) in [5.74, 6) is -1.83. The van der Waals surface area contributed by atoms with Crippen LogP contribution in [0.5, 0.6) is 23.0 Å². The Labute approximate surface area is 128 Å². The van der Waals surface area contributed by atoms with Gasteiger partial charge in [0, 0.05) is 17.7 Å². The van der Waals surface area contributed by atoms with Gasteiger partial charge in [-0.05, 0) is 18.2 Å². The number of aldehydes is 1. The number of benzene rings is 2. The predicted molar refractivity (Wildman–Crippen MR) is 80.0 cm³/mol. The molecule has 0 spiro atoms. The highest BCUT2D eigenvalue weighted by molar-refractivity contribution is 5.94. The third-order valence-electron chi connectivity index (χ3n) is 3.35. The normalized spacial score (nSPS) is 10.8. The van der Waals surface area contributed by atoms with Crippen LogP contribution < -0.4 is 5.43 Å². The van der Waals surface area contributed by atoms with Gasteiger partial charge in [-0.2, -0.15) is 0 Å². The first-order valence-corrected chi connectivity index (χ1v) is 6.42. The second-order valence-electron chi connectivity index (χ2n) is 4.83. The van der Waals surface area contributed by atoms with Gasteiger partial charge in [0.25, 0.3) is 0 Å². The SMILES string of the molecule is O=Cc1c(-c2ccc(O)c(O)c2)oc2cc(O)cc(O)c2c1=O. The number of carbonyl (C=O) groups is 1. The van der Waals surface area contributed by atoms with Crippen molar-refractivity contribution in [2.45, 2.75) is 0 Å². The molecule has 0 aliphatic heterocycles. The first kappa shape index (κ1) is 14.5. The molecule has 0 aliphatic carbocycles. The Hall–Kier alpha value is -3.48. The fourth-order valence-electron chi connectivity index (χ4n) is 2.28. The first-order chi connectivity index (χ1) is 10.9. The third kappa shape index (κ3) is 2.24. The number of phenols is 4. The number of hydrogen-bond donors (Lipinski definition) is 4. The van der Waals surface area contributed by atoms with Crippen LogP contribution >= 0.6 is 0 Å². The molecule has 0 aliphatic rings. The van der Waals surface area contributed by atoms with E-state index >= 15 is 0 Å². The second kappa shape index (κ2) is 5.06. The zero-order chi connectivity index (χ0) is 16.7. The fraction of sp³-hybridized carbons (Fsp3) is 0. The van der Waals surface area contributed by atoms with Gasteiger partial charge < -0.3 is 24.8 Å². The Morgan fingerprint density at radius 1 is 0.913 bits per heavy atom. The Bertz CT molecular complexity index is 1000. The zero-order valence-corrected chi connectivity index (χ0v) is 11.5. The van der Waals surface area contributed by atoms with E-state index in [-0.39, 0.29) is 45.6 Å². The molecule has 0 saturated heterocycles. The molecule has 7 heteroatoms. The highest BCUT2D eigenvalue weighted by Crippen LogP contribution is 2.35. The largest absolute Gasteiger partial charge is 0.508 e. The smallest absolute Gasteiger partial charge is 0.207 e. The molecular formula is C16H10O7. The van der Waals surface area contributed by atoms with E-state index in [1.807, 2.05) is 0 Å². The summed E-state index contributed by atoms with van der Waals surface area (Å²) in [6, 6.07) is 5.71. The fourth-order valence-corrected chi connectivity index (χ4v) is 2.28. The van der Waals surface area contributed by atoms with Crippen LogP contribution in [-0.2, 0) is 0 Å². The summed E-state index contributed by atoms with van der Waals surface area (Å²) in [7, 11) is 0. The molecule has 0 saturated carbocycles. The van der Waals surface area contributed by atoms with E-state index in [2.05, 4.69) is 0 Å². The number of aromatic hydroxyl groups is 4. The van der Waals surface area contributed by atoms with Crippen molar-refractivity contribution in [1.29, 1.82) is 0 Å². The average Bonchev–Trinajstić information content (AvgIpc) is 2.49. The lowest BCUT2D eigenvalue weighted by Gasteiger charge is -2.08. The van der Waals surface area contributed by atoms with Crippen molar-refractivity contribution in [1.82, 2.24) is 0 Å². The van der Waals surface area contributed by atoms with Gasteiger partial charge in [0.1, 0.15) is 33.8 Å². The van der Waals surface area contributed by atoms with Crippen LogP contribution in [0.2, 0.25) is 0 Å². The molecular weight excluding hydrogens is 304 g/mol. The molecule has 0 bridgehead atoms. The second-order valence-corrected chi connectivity index (χ2v) is 4.83. The van der Waals surface area contributed by atoms with Crippen molar-refractivity contribution >= 4 is 17.3 Å². The summed E-state index contributed by atoms with van der Waals surface area (Å²) in [5, 5.41) is 37.9. The zero-order valence-electron chi connectivity index (χ0n) is 11.5. The Morgan fingerprint density at radius 3 is 2.30 bits per heavy atom. The average molecular weight is 314 g/mol. The Morgan fingerprint density at radius 2 is 1.65 bits per heavy atom. The lowest BCUT2D eigenvalue weighted by atomic mass is 10.0. The molecule has 7 nitrogen and oxygen atoms in total. The monoisotopic (exact) mass is 314 g/mol. The summed E-state index contributed by atoms with van der Waals surface area (Å²) in [6.45, 7) is 0. The van der Waals surface area contributed by atoms with E-state index in [9.17, 15) is 30.0 Å². The van der Waals surface area contributed by atoms with Crippen molar-refractivity contribution < 1.29 is 29.6 Å². The summed E-state index contributed by atoms with van der Waals surface area (Å²) in [4.78, 5) is 23.7. The standard InChI is InChI=1S/C16H10O7/c17-6-9-15(22)14-12(21)4-8(18)5-13(14)23-16(9)7-1-2-10(19)11(20)3-7/h1-6,18-21H. The maximum Gasteiger partial charge on any atom is 0.207 e. The molecule has 4 N–H and O–H groups in total. The molecule has 116 valence electrons. The van der Waals surface area contributed by atoms with E-state index in [1.54, 1.807) is 0 Å². The van der Waals surface area contributed by atoms with Gasteiger partial charge in [-0.25, -0.2) is 0 Å². The third-order valence-corrected chi connectivity index (χ3v) is 3.35. The van der Waals surface area contributed by atoms with Crippen LogP contribution in [0, 0.1) is 0 Å². The number of carbonyl (C=O) groups excluding carboxylic acids is 1. The first-order valence-electron chi connectivity index (χ1n) is 6.42. The van der Waals surface area contributed by atoms with Crippen molar-refractivity contribution in [2.24, 2.45) is 0 Å². The van der Waals surface area contributed by atoms with Crippen molar-refractivity contribution in [3.05, 3.63) is 46.1 Å². The van der Waals surface area contributed by atoms with Crippen LogP contribution in [0.1, 0.15) is 10.4 Å². The van der Waals surface area contributed by atoms with Crippen LogP contribution in [-0.4, -0.2) is 26.7 Å². The molecule has 23 heavy (non-hydrogen) atoms. The van der Waals surface area contributed by atoms with E-state index in [1.165, 1.54) is 12.1 Å². The molecule has 0 unspecified atom stereocenters. The lowest BCUT2D eigenvalue weighted by molar-refractivity contribution is 0.112. The highest BCUT2D eigenvalue weighted by atomic mass is 16.3. The minimum Gasteiger partial charge on any atom is -0.508 e. The minimum absolute atomic E-state index is 0.124. The van der Waals surface area contributed by atoms with E-state index in [0.29, 0.717) is 0 Å². The van der Waals surface area contributed by atoms with Crippen LogP contribution in [0.3, 0.4) is 0 Å². The molecule has 0 atom stereocenters. The Balaban J connectivity index is 2.43. The van der Waals surface area contributed by atoms with Gasteiger partial charge in [0.15, 0.2) is 17.8 Å². The summed E-state index contributed by atoms with van der Waals surface area (Å²) in [6.07, 6.45) is 0.275. The van der Waals surface area contributed by atoms with Crippen LogP contribution in [0.25, 0.3) is 22.3 Å². The number of phenolic OH excluding ortho intramolecular Hbond substituents is 4. The number of rotatable bonds is 2. The quantitative estimate of drug-likeness (QED) is 0.421. The van der Waals surface area contributed by atoms with Crippen molar-refractivity contribution in [3.63, 3.8) is 0 Å². The maximum absolute atomic E-state index is 12.4. The van der Waals surface area contributed by atoms with Gasteiger partial charge in [0.2, 0.25) is 5.43 Å². The molecule has 3 rings (SSSR count). The molecule has 0 radical (unpaired) electrons. The van der Waals surface area contributed by atoms with Crippen LogP contribution in [0.15, 0.2) is 39.5 Å². The van der Waals surface area contributed by atoms with Gasteiger partial charge in [0.05, 0.1) is 0 Å². The number of fused-ring (bicyclic) bond motifs is 1. The number of hydrogen-bond acceptors (Lipinski definition) is 7. The summed E-state index contributed by atoms with van der Waals surface area (Å²) >= 11 is 0. The van der Waals surface area contributed by atoms with Gasteiger partial charge in [-0.3, -0.25) is 9.59 Å². The van der Waals surface area contributed by atoms with Crippen LogP contribution in [0.4, 0.5) is 0 Å². The van der Waals surface area contributed by atoms with E-state index in [4.69, 9.17) is 4.42 Å². The molecule has 3 aromatic rings. The Kier molecular flexibility index (Phi) is 3.18. The van der Waals surface area contributed by atoms with Gasteiger partial charge in [-0.15, -0.1) is 0 Å². The van der Waals surface area contributed by atoms with Gasteiger partial charge >= 0.3 is 0 Å². The van der Waals surface area contributed by atoms with Crippen molar-refractivity contribution in [2.75, 3.05) is 0 Å². The predicted octanol–water partition coefficient (Wildman–Crippen LogP) is 2.09. The van der Waals surface area contributed by atoms with E-state index < -0.39 is 16.9 Å². The van der Waals surface area contributed by atoms with Crippen molar-refractivity contribution in [3.8, 4) is 34.3 Å². The molecule has 0 fully saturated rings. The molecule has 1 heterocycles. The van der Waals surface area contributed by atoms with Gasteiger partial charge in [-0.1, -0.05) is 0 Å². The highest BCUT2D eigenvalue weighted by Gasteiger charge is 2.19.